The van der Waals surface area contributed by atoms with Crippen LogP contribution in [0.1, 0.15) is 57.7 Å². The molecular formula is C92H84ClLiN20NaO19PS2W. The van der Waals surface area contributed by atoms with Gasteiger partial charge >= 0.3 is 83.0 Å². The molecule has 138 heavy (non-hydrogen) atoms. The van der Waals surface area contributed by atoms with Crippen LogP contribution in [0.2, 0.25) is 0 Å². The first-order chi connectivity index (χ1) is 64.1. The maximum atomic E-state index is 13.4. The minimum atomic E-state index is -0.976. The van der Waals surface area contributed by atoms with Crippen LogP contribution in [-0.2, 0) is 76.0 Å². The molecule has 8 heterocycles. The molecule has 0 radical (unpaired) electrons. The Balaban J connectivity index is 0.000000366. The van der Waals surface area contributed by atoms with Crippen LogP contribution in [0.15, 0.2) is 292 Å². The fraction of sp³-hybridized carbons (Fsp3) is 0.0870. The van der Waals surface area contributed by atoms with Gasteiger partial charge in [0.2, 0.25) is 41.4 Å². The summed E-state index contributed by atoms with van der Waals surface area (Å²) in [5.41, 5.74) is 16.0. The van der Waals surface area contributed by atoms with E-state index in [1.807, 2.05) is 60.1 Å². The minimum absolute atomic E-state index is 0. The van der Waals surface area contributed by atoms with E-state index in [2.05, 4.69) is 105 Å². The van der Waals surface area contributed by atoms with Gasteiger partial charge in [0.05, 0.1) is 39.8 Å². The predicted octanol–water partition coefficient (Wildman–Crippen LogP) is -0.0500. The van der Waals surface area contributed by atoms with E-state index >= 15 is 0 Å². The van der Waals surface area contributed by atoms with Crippen molar-refractivity contribution in [1.29, 1.82) is 0 Å². The number of hydrogen-bond acceptors (Lipinski definition) is 25. The number of barbiturate groups is 2. The molecule has 39 nitrogen and oxygen atoms in total. The second-order valence-corrected chi connectivity index (χ2v) is 28.7. The molecule has 7 aromatic carbocycles. The number of imide groups is 4. The van der Waals surface area contributed by atoms with Crippen LogP contribution in [0.3, 0.4) is 0 Å². The van der Waals surface area contributed by atoms with E-state index in [1.54, 1.807) is 140 Å². The van der Waals surface area contributed by atoms with Crippen LogP contribution in [0.5, 0.6) is 11.8 Å². The molecule has 2 aliphatic heterocycles. The summed E-state index contributed by atoms with van der Waals surface area (Å²) in [5.74, 6) is -5.79. The van der Waals surface area contributed by atoms with Gasteiger partial charge in [0.25, 0.3) is 22.9 Å². The molecular weight excluding hydrogens is 2030 g/mol. The van der Waals surface area contributed by atoms with Crippen LogP contribution in [0, 0.1) is 6.92 Å². The topological polar surface area (TPSA) is 578 Å². The number of rotatable bonds is 16. The number of allylic oxidation sites excluding steroid dienone is 4. The number of primary amides is 1. The van der Waals surface area contributed by atoms with Gasteiger partial charge in [0, 0.05) is 139 Å². The van der Waals surface area contributed by atoms with E-state index in [0.29, 0.717) is 50.9 Å². The Morgan fingerprint density at radius 3 is 1.49 bits per heavy atom. The number of aryl methyl sites for hydroxylation is 1. The zero-order valence-corrected chi connectivity index (χ0v) is 83.1. The summed E-state index contributed by atoms with van der Waals surface area (Å²) in [7, 11) is 3.56. The molecule has 0 spiro atoms. The van der Waals surface area contributed by atoms with Gasteiger partial charge in [-0.15, -0.1) is 0 Å². The molecule has 2 aliphatic rings. The van der Waals surface area contributed by atoms with Crippen molar-refractivity contribution in [1.82, 2.24) is 44.7 Å². The summed E-state index contributed by atoms with van der Waals surface area (Å²) in [5, 5.41) is 51.9. The molecule has 2 saturated heterocycles. The number of aliphatic hydroxyl groups excluding tert-OH is 1. The Bertz CT molecular complexity index is 6880. The molecule has 46 heteroatoms. The number of para-hydroxylation sites is 1. The number of fused-ring (bicyclic) bond motifs is 1. The van der Waals surface area contributed by atoms with Crippen LogP contribution in [0.25, 0.3) is 49.5 Å². The number of hydrogen-bond donors (Lipinski definition) is 13. The largest absolute Gasteiger partial charge is 1.00 e. The van der Waals surface area contributed by atoms with Crippen LogP contribution < -0.4 is 162 Å². The van der Waals surface area contributed by atoms with Gasteiger partial charge in [-0.2, -0.15) is 4.57 Å². The summed E-state index contributed by atoms with van der Waals surface area (Å²) < 4.78 is 4.83. The van der Waals surface area contributed by atoms with Gasteiger partial charge in [-0.3, -0.25) is 82.9 Å². The first-order valence-electron chi connectivity index (χ1n) is 39.3. The monoisotopic (exact) mass is 2120 g/mol. The fourth-order valence-corrected chi connectivity index (χ4v) is 13.1. The van der Waals surface area contributed by atoms with E-state index in [-0.39, 0.29) is 146 Å². The number of pyridine rings is 3. The molecule has 0 saturated carbocycles. The number of thiazole rings is 1. The number of nitrogen functional groups attached to an aromatic ring is 1. The van der Waals surface area contributed by atoms with Gasteiger partial charge in [0.15, 0.2) is 5.52 Å². The van der Waals surface area contributed by atoms with Crippen molar-refractivity contribution < 1.29 is 159 Å². The Morgan fingerprint density at radius 1 is 0.536 bits per heavy atom. The Hall–Kier alpha value is -15.2. The van der Waals surface area contributed by atoms with Gasteiger partial charge in [0.1, 0.15) is 12.0 Å². The molecule has 0 atom stereocenters. The number of urea groups is 3. The number of H-pyrrole nitrogens is 2. The Kier molecular flexibility index (Phi) is 47.4. The zero-order chi connectivity index (χ0) is 97.8. The molecule has 0 unspecified atom stereocenters. The number of aromatic nitrogens is 8. The predicted molar refractivity (Wildman–Crippen MR) is 508 cm³/mol. The number of benzene rings is 7. The second-order valence-electron chi connectivity index (χ2n) is 27.6. The minimum Gasteiger partial charge on any atom is -1.00 e. The number of halogens is 1. The van der Waals surface area contributed by atoms with Gasteiger partial charge < -0.3 is 76.1 Å². The molecule has 6 aromatic heterocycles. The third-order valence-corrected chi connectivity index (χ3v) is 18.6. The van der Waals surface area contributed by atoms with Gasteiger partial charge in [-0.1, -0.05) is 78.6 Å². The smallest absolute Gasteiger partial charge is 1.00 e. The molecule has 15 rings (SSSR count). The maximum absolute atomic E-state index is 13.4. The van der Waals surface area contributed by atoms with Crippen molar-refractivity contribution in [3.8, 4) is 39.4 Å². The zero-order valence-electron chi connectivity index (χ0n) is 74.8. The van der Waals surface area contributed by atoms with E-state index < -0.39 is 76.0 Å². The van der Waals surface area contributed by atoms with E-state index in [0.717, 1.165) is 54.0 Å². The third kappa shape index (κ3) is 34.6. The average Bonchev–Trinajstić information content (AvgIpc) is 1.04. The summed E-state index contributed by atoms with van der Waals surface area (Å²) >= 11 is 5.58. The molecule has 0 bridgehead atoms. The summed E-state index contributed by atoms with van der Waals surface area (Å²) in [4.78, 5) is 206. The number of nitrogens with zero attached hydrogens (tertiary/aromatic N) is 8. The van der Waals surface area contributed by atoms with Gasteiger partial charge in [-0.05, 0) is 235 Å². The van der Waals surface area contributed by atoms with E-state index in [1.165, 1.54) is 124 Å². The van der Waals surface area contributed by atoms with Crippen molar-refractivity contribution in [3.63, 3.8) is 0 Å². The molecule has 15 amide bonds. The van der Waals surface area contributed by atoms with E-state index in [9.17, 15) is 86.9 Å². The third-order valence-electron chi connectivity index (χ3n) is 17.5. The van der Waals surface area contributed by atoms with Crippen molar-refractivity contribution in [2.24, 2.45) is 5.73 Å². The first-order valence-corrected chi connectivity index (χ1v) is 41.8. The second kappa shape index (κ2) is 56.8. The normalized spacial score (nSPS) is 11.7. The first kappa shape index (κ1) is 115. The number of nitrogens with two attached hydrogens (primary N) is 2. The maximum Gasteiger partial charge on any atom is 1.00 e. The number of carbonyl (C=O) groups excluding carboxylic acids is 12. The number of aliphatic hydroxyl groups is 1. The van der Waals surface area contributed by atoms with Crippen LogP contribution >= 0.6 is 19.4 Å². The van der Waals surface area contributed by atoms with Crippen LogP contribution in [-0.4, -0.2) is 118 Å². The molecule has 13 aromatic rings. The van der Waals surface area contributed by atoms with Crippen molar-refractivity contribution in [3.05, 3.63) is 332 Å². The van der Waals surface area contributed by atoms with Gasteiger partial charge in [-0.25, -0.2) is 38.3 Å². The number of amides is 15. The number of aromatic amines is 2. The molecule has 0 aliphatic carbocycles. The number of carbonyl (C=O) groups is 12. The number of anilines is 9. The standard InChI is InChI=1S/C33H26N6O7.C17H12N3S.2C12H11N3O4.C9H11N3O2.C8H10N2O.CH4O.ClH.Li.Na.HPS.W/c1-19-5-3-7-24(17-19)38-30(43)26(28(41)36-32(38)45)11-9-21(22-13-15-34-16-14-22)10-12-27-29(42)37-33(46)39(31(27)44)25-8-4-6-23(18-25)35-20(2)40;1-2-4-16-15(3-1)19-17(21-16)20-11-7-14(8-12-20)13-5-9-18-10-6-13;2*1-7(16)13-8-3-2-4-9(5-8)15-11(18)6-10(17)14-12(15)19;1-6(13)11-7-3-2-4-8(5-7)12-9(10)14;1-6(11)10-8-4-2-3-7(9)5-8;1-2;;;;1-2;/h3-18,42H,1-2H3,(H,35,40)(H,37,46)(H,36,41,45);1-12H;2-5H,6H2,1H3,(H,13,16)(H,14,17,19);2-6,18H,1H3,(H,13,16)(H,14,17,19);2-5H,1H3,(H,11,13)(H3,10,12,14);2-5H,9H2,1H3,(H,10,11);2H,1H3;1H;;;1H;/q;+1;;;;;;;2*+1;;/p-3/b12-10+,21-9-,26-11-;;;;;;;;;;;. The van der Waals surface area contributed by atoms with E-state index in [4.69, 9.17) is 16.6 Å². The summed E-state index contributed by atoms with van der Waals surface area (Å²) in [6, 6.07) is 56.9. The van der Waals surface area contributed by atoms with Crippen molar-refractivity contribution in [2.75, 3.05) is 54.5 Å². The average molecular weight is 2120 g/mol. The molecule has 2 fully saturated rings. The Labute approximate surface area is 851 Å². The quantitative estimate of drug-likeness (QED) is 0.00881. The number of nitrogens with one attached hydrogen (secondary N) is 10. The fourth-order valence-electron chi connectivity index (χ4n) is 12.1. The van der Waals surface area contributed by atoms with Crippen molar-refractivity contribution in [2.45, 2.75) is 48.0 Å². The summed E-state index contributed by atoms with van der Waals surface area (Å²) in [6.45, 7) is 8.67. The van der Waals surface area contributed by atoms with Crippen molar-refractivity contribution >= 4 is 175 Å². The Morgan fingerprint density at radius 2 is 0.986 bits per heavy atom. The molecule has 15 N–H and O–H groups in total. The SMILES string of the molecule is CC(=O)Nc1cccc(-n2c(=O)[nH]c([O-])c(/C=C/C(=C/C=C3/C(=O)NC(=O)N(c4cccc(C)c4)C3=O)c3ccncc3)c2=O)c1.CC(=O)Nc1cccc(-n2c([O-])cc(=O)[nH]c2=O)c1.CC(=O)Nc1cccc(N)c1.CC(=O)Nc1cccc(N2C(=O)CC(=O)NC2=O)c1.CC(=O)Nc1cccc(NC(N)=O)c1.CO.P=S.[Cl-].[Li+].[Na+].[W].c1ccc2sc(-[n+]3ccc(-c4ccncc4)cc3)nc2c1. The molecule has 698 valence electrons. The van der Waals surface area contributed by atoms with Crippen LogP contribution in [0.4, 0.5) is 65.6 Å². The summed E-state index contributed by atoms with van der Waals surface area (Å²) in [6.07, 6.45) is 15.6.